The molecule has 0 aromatic heterocycles. The molecule has 1 heterocycles. The lowest BCUT2D eigenvalue weighted by Gasteiger charge is -2.26. The summed E-state index contributed by atoms with van der Waals surface area (Å²) >= 11 is 0. The van der Waals surface area contributed by atoms with E-state index in [9.17, 15) is 5.11 Å². The Morgan fingerprint density at radius 1 is 1.40 bits per heavy atom. The Kier molecular flexibility index (Phi) is 3.28. The van der Waals surface area contributed by atoms with Gasteiger partial charge in [0.05, 0.1) is 18.1 Å². The number of likely N-dealkylation sites (tertiary alicyclic amines) is 1. The van der Waals surface area contributed by atoms with Gasteiger partial charge in [0.25, 0.3) is 0 Å². The number of nitrogens with zero attached hydrogens (tertiary/aromatic N) is 2. The molecule has 84 valence electrons. The fraction of sp³-hybridized carbons (Fsp3) is 0.917. The second-order valence-electron chi connectivity index (χ2n) is 5.02. The van der Waals surface area contributed by atoms with Gasteiger partial charge in [-0.05, 0) is 38.6 Å². The van der Waals surface area contributed by atoms with Crippen molar-refractivity contribution in [3.8, 4) is 6.07 Å². The van der Waals surface area contributed by atoms with Crippen LogP contribution in [-0.2, 0) is 0 Å². The molecule has 0 amide bonds. The first-order valence-corrected chi connectivity index (χ1v) is 6.04. The number of hydrogen-bond acceptors (Lipinski definition) is 3. The van der Waals surface area contributed by atoms with Gasteiger partial charge in [0.15, 0.2) is 0 Å². The van der Waals surface area contributed by atoms with Crippen LogP contribution in [-0.4, -0.2) is 35.2 Å². The van der Waals surface area contributed by atoms with Crippen LogP contribution < -0.4 is 0 Å². The summed E-state index contributed by atoms with van der Waals surface area (Å²) in [5.74, 6) is 0.655. The summed E-state index contributed by atoms with van der Waals surface area (Å²) in [5.41, 5.74) is 0. The van der Waals surface area contributed by atoms with Crippen molar-refractivity contribution in [2.75, 3.05) is 13.1 Å². The molecule has 3 nitrogen and oxygen atoms in total. The first-order valence-electron chi connectivity index (χ1n) is 6.04. The third-order valence-electron chi connectivity index (χ3n) is 4.05. The molecule has 2 aliphatic rings. The van der Waals surface area contributed by atoms with E-state index in [1.807, 2.05) is 6.92 Å². The summed E-state index contributed by atoms with van der Waals surface area (Å²) in [4.78, 5) is 2.43. The highest BCUT2D eigenvalue weighted by molar-refractivity contribution is 4.99. The molecular weight excluding hydrogens is 188 g/mol. The molecule has 0 aromatic rings. The molecule has 15 heavy (non-hydrogen) atoms. The van der Waals surface area contributed by atoms with E-state index in [1.165, 1.54) is 12.8 Å². The van der Waals surface area contributed by atoms with Gasteiger partial charge in [-0.3, -0.25) is 4.90 Å². The van der Waals surface area contributed by atoms with Crippen LogP contribution in [0.2, 0.25) is 0 Å². The smallest absolute Gasteiger partial charge is 0.0672 e. The van der Waals surface area contributed by atoms with Gasteiger partial charge in [0.1, 0.15) is 0 Å². The van der Waals surface area contributed by atoms with E-state index in [0.29, 0.717) is 12.0 Å². The fourth-order valence-corrected chi connectivity index (χ4v) is 3.04. The van der Waals surface area contributed by atoms with E-state index in [2.05, 4.69) is 11.0 Å². The third kappa shape index (κ3) is 2.16. The maximum Gasteiger partial charge on any atom is 0.0672 e. The van der Waals surface area contributed by atoms with Crippen molar-refractivity contribution in [2.45, 2.75) is 44.8 Å². The number of rotatable bonds is 2. The zero-order chi connectivity index (χ0) is 10.8. The van der Waals surface area contributed by atoms with Gasteiger partial charge in [0, 0.05) is 12.6 Å². The lowest BCUT2D eigenvalue weighted by molar-refractivity contribution is 0.119. The molecule has 0 radical (unpaired) electrons. The monoisotopic (exact) mass is 208 g/mol. The van der Waals surface area contributed by atoms with Crippen molar-refractivity contribution in [3.05, 3.63) is 0 Å². The van der Waals surface area contributed by atoms with Crippen LogP contribution in [0.1, 0.15) is 32.6 Å². The molecular formula is C12H20N2O. The predicted molar refractivity (Wildman–Crippen MR) is 58.1 cm³/mol. The molecule has 1 saturated heterocycles. The van der Waals surface area contributed by atoms with Crippen LogP contribution >= 0.6 is 0 Å². The van der Waals surface area contributed by atoms with Crippen LogP contribution in [0, 0.1) is 23.2 Å². The normalized spacial score (nSPS) is 39.1. The Morgan fingerprint density at radius 3 is 2.80 bits per heavy atom. The highest BCUT2D eigenvalue weighted by atomic mass is 16.3. The summed E-state index contributed by atoms with van der Waals surface area (Å²) in [6.07, 6.45) is 4.32. The molecule has 1 aliphatic carbocycles. The minimum absolute atomic E-state index is 0.197. The van der Waals surface area contributed by atoms with Crippen LogP contribution in [0.25, 0.3) is 0 Å². The van der Waals surface area contributed by atoms with E-state index in [0.717, 1.165) is 25.9 Å². The predicted octanol–water partition coefficient (Wildman–Crippen LogP) is 1.38. The summed E-state index contributed by atoms with van der Waals surface area (Å²) in [6.45, 7) is 3.93. The van der Waals surface area contributed by atoms with Gasteiger partial charge in [0.2, 0.25) is 0 Å². The lowest BCUT2D eigenvalue weighted by atomic mass is 10.0. The zero-order valence-electron chi connectivity index (χ0n) is 9.39. The van der Waals surface area contributed by atoms with Crippen molar-refractivity contribution >= 4 is 0 Å². The number of nitriles is 1. The number of hydrogen-bond donors (Lipinski definition) is 1. The second-order valence-corrected chi connectivity index (χ2v) is 5.02. The molecule has 0 spiro atoms. The topological polar surface area (TPSA) is 47.3 Å². The van der Waals surface area contributed by atoms with E-state index in [4.69, 9.17) is 5.26 Å². The quantitative estimate of drug-likeness (QED) is 0.746. The number of aliphatic hydroxyl groups is 1. The Bertz CT molecular complexity index is 259. The van der Waals surface area contributed by atoms with E-state index in [-0.39, 0.29) is 12.0 Å². The Hall–Kier alpha value is -0.590. The highest BCUT2D eigenvalue weighted by Gasteiger charge is 2.36. The van der Waals surface area contributed by atoms with Crippen molar-refractivity contribution in [1.29, 1.82) is 5.26 Å². The third-order valence-corrected chi connectivity index (χ3v) is 4.05. The molecule has 1 saturated carbocycles. The molecule has 1 N–H and O–H groups in total. The van der Waals surface area contributed by atoms with Gasteiger partial charge < -0.3 is 5.11 Å². The maximum absolute atomic E-state index is 9.54. The lowest BCUT2D eigenvalue weighted by Crippen LogP contribution is -2.36. The highest BCUT2D eigenvalue weighted by Crippen LogP contribution is 2.33. The standard InChI is InChI=1S/C12H20N2O/c1-9(15)11-5-6-14(8-11)12-4-2-3-10(12)7-13/h9-12,15H,2-6,8H2,1H3. The maximum atomic E-state index is 9.54. The van der Waals surface area contributed by atoms with Crippen molar-refractivity contribution < 1.29 is 5.11 Å². The van der Waals surface area contributed by atoms with Gasteiger partial charge in [-0.25, -0.2) is 0 Å². The summed E-state index contributed by atoms with van der Waals surface area (Å²) < 4.78 is 0. The van der Waals surface area contributed by atoms with Gasteiger partial charge >= 0.3 is 0 Å². The van der Waals surface area contributed by atoms with Crippen molar-refractivity contribution in [2.24, 2.45) is 11.8 Å². The summed E-state index contributed by atoms with van der Waals surface area (Å²) in [7, 11) is 0. The van der Waals surface area contributed by atoms with Gasteiger partial charge in [-0.1, -0.05) is 6.42 Å². The molecule has 2 rings (SSSR count). The minimum atomic E-state index is -0.197. The summed E-state index contributed by atoms with van der Waals surface area (Å²) in [6, 6.07) is 2.90. The second kappa shape index (κ2) is 4.51. The fourth-order valence-electron chi connectivity index (χ4n) is 3.04. The minimum Gasteiger partial charge on any atom is -0.393 e. The van der Waals surface area contributed by atoms with Crippen LogP contribution in [0.15, 0.2) is 0 Å². The zero-order valence-corrected chi connectivity index (χ0v) is 9.39. The molecule has 0 bridgehead atoms. The Morgan fingerprint density at radius 2 is 2.20 bits per heavy atom. The molecule has 3 heteroatoms. The molecule has 2 fully saturated rings. The first kappa shape index (κ1) is 10.9. The average molecular weight is 208 g/mol. The van der Waals surface area contributed by atoms with E-state index < -0.39 is 0 Å². The molecule has 4 atom stereocenters. The largest absolute Gasteiger partial charge is 0.393 e. The average Bonchev–Trinajstić information content (AvgIpc) is 2.85. The van der Waals surface area contributed by atoms with E-state index in [1.54, 1.807) is 0 Å². The van der Waals surface area contributed by atoms with Crippen molar-refractivity contribution in [3.63, 3.8) is 0 Å². The first-order chi connectivity index (χ1) is 7.22. The van der Waals surface area contributed by atoms with Crippen LogP contribution in [0.5, 0.6) is 0 Å². The number of aliphatic hydroxyl groups excluding tert-OH is 1. The van der Waals surface area contributed by atoms with Gasteiger partial charge in [-0.2, -0.15) is 5.26 Å². The Labute approximate surface area is 91.7 Å². The summed E-state index contributed by atoms with van der Waals surface area (Å²) in [5, 5.41) is 18.6. The van der Waals surface area contributed by atoms with Crippen LogP contribution in [0.4, 0.5) is 0 Å². The SMILES string of the molecule is CC(O)C1CCN(C2CCCC2C#N)C1. The Balaban J connectivity index is 1.93. The van der Waals surface area contributed by atoms with Crippen LogP contribution in [0.3, 0.4) is 0 Å². The van der Waals surface area contributed by atoms with Crippen molar-refractivity contribution in [1.82, 2.24) is 4.90 Å². The van der Waals surface area contributed by atoms with E-state index >= 15 is 0 Å². The van der Waals surface area contributed by atoms with Gasteiger partial charge in [-0.15, -0.1) is 0 Å². The molecule has 1 aliphatic heterocycles. The molecule has 4 unspecified atom stereocenters. The molecule has 0 aromatic carbocycles.